The van der Waals surface area contributed by atoms with Crippen molar-refractivity contribution in [1.82, 2.24) is 9.88 Å². The van der Waals surface area contributed by atoms with Crippen LogP contribution in [0.25, 0.3) is 11.1 Å². The minimum absolute atomic E-state index is 0.105. The Labute approximate surface area is 172 Å². The van der Waals surface area contributed by atoms with Crippen LogP contribution in [0.4, 0.5) is 0 Å². The number of rotatable bonds is 3. The number of pyridine rings is 1. The van der Waals surface area contributed by atoms with Gasteiger partial charge in [-0.2, -0.15) is 0 Å². The second kappa shape index (κ2) is 7.47. The van der Waals surface area contributed by atoms with Gasteiger partial charge in [0.2, 0.25) is 0 Å². The normalized spacial score (nSPS) is 16.1. The van der Waals surface area contributed by atoms with Crippen LogP contribution in [-0.2, 0) is 6.54 Å². The summed E-state index contributed by atoms with van der Waals surface area (Å²) >= 11 is 14.1. The van der Waals surface area contributed by atoms with Gasteiger partial charge >= 0.3 is 0 Å². The summed E-state index contributed by atoms with van der Waals surface area (Å²) in [6.45, 7) is 5.15. The van der Waals surface area contributed by atoms with Gasteiger partial charge in [0.15, 0.2) is 0 Å². The second-order valence-corrected chi connectivity index (χ2v) is 8.64. The molecule has 0 saturated carbocycles. The Hall–Kier alpha value is -2.14. The van der Waals surface area contributed by atoms with Gasteiger partial charge in [-0.05, 0) is 34.9 Å². The van der Waals surface area contributed by atoms with E-state index in [9.17, 15) is 0 Å². The number of hydrogen-bond donors (Lipinski definition) is 1. The topological polar surface area (TPSA) is 40.0 Å². The van der Waals surface area contributed by atoms with Crippen LogP contribution < -0.4 is 0 Å². The van der Waals surface area contributed by atoms with Crippen LogP contribution in [0.5, 0.6) is 0 Å². The number of aromatic nitrogens is 1. The van der Waals surface area contributed by atoms with Gasteiger partial charge in [-0.1, -0.05) is 54.0 Å². The Morgan fingerprint density at radius 1 is 1.22 bits per heavy atom. The Bertz CT molecular complexity index is 1030. The van der Waals surface area contributed by atoms with E-state index in [1.807, 2.05) is 29.3 Å². The van der Waals surface area contributed by atoms with Gasteiger partial charge < -0.3 is 4.90 Å². The van der Waals surface area contributed by atoms with Gasteiger partial charge in [-0.3, -0.25) is 10.4 Å². The molecule has 0 aliphatic carbocycles. The average molecular weight is 414 g/mol. The summed E-state index contributed by atoms with van der Waals surface area (Å²) in [5, 5.41) is 8.84. The van der Waals surface area contributed by atoms with Crippen molar-refractivity contribution in [3.63, 3.8) is 0 Å². The predicted molar refractivity (Wildman–Crippen MR) is 114 cm³/mol. The fourth-order valence-electron chi connectivity index (χ4n) is 3.59. The molecule has 0 radical (unpaired) electrons. The lowest BCUT2D eigenvalue weighted by Crippen LogP contribution is -2.36. The van der Waals surface area contributed by atoms with Crippen molar-refractivity contribution < 1.29 is 0 Å². The van der Waals surface area contributed by atoms with Crippen molar-refractivity contribution >= 4 is 40.4 Å². The van der Waals surface area contributed by atoms with Crippen molar-refractivity contribution in [2.45, 2.75) is 12.5 Å². The zero-order valence-corrected chi connectivity index (χ0v) is 16.8. The van der Waals surface area contributed by atoms with E-state index < -0.39 is 0 Å². The van der Waals surface area contributed by atoms with Crippen molar-refractivity contribution in [3.8, 4) is 11.1 Å². The Balaban J connectivity index is 1.85. The van der Waals surface area contributed by atoms with Gasteiger partial charge in [-0.15, -0.1) is 11.3 Å². The number of hydrogen-bond acceptors (Lipinski definition) is 3. The van der Waals surface area contributed by atoms with E-state index >= 15 is 0 Å². The molecule has 0 saturated heterocycles. The van der Waals surface area contributed by atoms with Gasteiger partial charge in [0.25, 0.3) is 0 Å². The molecule has 1 aliphatic heterocycles. The first-order chi connectivity index (χ1) is 13.1. The SMILES string of the molecule is C=CC(=N)N1Cc2sc(Cl)cc2[C@H](c2ccccc2-c2cncc(Cl)c2)C1. The number of benzene rings is 1. The highest BCUT2D eigenvalue weighted by Gasteiger charge is 2.30. The van der Waals surface area contributed by atoms with E-state index in [1.165, 1.54) is 16.0 Å². The summed E-state index contributed by atoms with van der Waals surface area (Å²) in [6.07, 6.45) is 5.06. The molecule has 3 nitrogen and oxygen atoms in total. The summed E-state index contributed by atoms with van der Waals surface area (Å²) in [5.74, 6) is 0.532. The van der Waals surface area contributed by atoms with E-state index in [0.29, 0.717) is 23.9 Å². The smallest absolute Gasteiger partial charge is 0.120 e. The summed E-state index contributed by atoms with van der Waals surface area (Å²) in [6, 6.07) is 12.3. The quantitative estimate of drug-likeness (QED) is 0.408. The largest absolute Gasteiger partial charge is 0.351 e. The van der Waals surface area contributed by atoms with Gasteiger partial charge in [0.1, 0.15) is 5.84 Å². The number of amidine groups is 1. The standard InChI is InChI=1S/C21H17Cl2N3S/c1-2-21(24)26-11-18(17-8-20(23)27-19(17)12-26)16-6-4-3-5-15(16)13-7-14(22)10-25-9-13/h2-10,18,24H,1,11-12H2/t18-/m0/s1. The molecule has 27 heavy (non-hydrogen) atoms. The second-order valence-electron chi connectivity index (χ2n) is 6.43. The first-order valence-electron chi connectivity index (χ1n) is 8.50. The molecule has 0 bridgehead atoms. The zero-order valence-electron chi connectivity index (χ0n) is 14.5. The lowest BCUT2D eigenvalue weighted by molar-refractivity contribution is 0.375. The minimum atomic E-state index is 0.105. The molecular weight excluding hydrogens is 397 g/mol. The number of thiophene rings is 1. The summed E-state index contributed by atoms with van der Waals surface area (Å²) in [5.41, 5.74) is 4.49. The molecule has 0 fully saturated rings. The lowest BCUT2D eigenvalue weighted by Gasteiger charge is -2.34. The van der Waals surface area contributed by atoms with Gasteiger partial charge in [-0.25, -0.2) is 0 Å². The van der Waals surface area contributed by atoms with E-state index in [0.717, 1.165) is 15.5 Å². The molecule has 3 aromatic rings. The van der Waals surface area contributed by atoms with Crippen LogP contribution in [0, 0.1) is 5.41 Å². The Morgan fingerprint density at radius 3 is 2.81 bits per heavy atom. The Morgan fingerprint density at radius 2 is 2.04 bits per heavy atom. The van der Waals surface area contributed by atoms with Gasteiger partial charge in [0, 0.05) is 35.3 Å². The van der Waals surface area contributed by atoms with Crippen LogP contribution in [-0.4, -0.2) is 22.3 Å². The summed E-state index contributed by atoms with van der Waals surface area (Å²) < 4.78 is 0.777. The highest BCUT2D eigenvalue weighted by Crippen LogP contribution is 2.42. The Kier molecular flexibility index (Phi) is 5.04. The maximum absolute atomic E-state index is 8.23. The molecule has 1 atom stereocenters. The lowest BCUT2D eigenvalue weighted by atomic mass is 9.84. The van der Waals surface area contributed by atoms with E-state index in [1.54, 1.807) is 23.6 Å². The van der Waals surface area contributed by atoms with Crippen LogP contribution >= 0.6 is 34.5 Å². The molecule has 0 amide bonds. The van der Waals surface area contributed by atoms with Crippen LogP contribution in [0.15, 0.2) is 61.4 Å². The molecule has 6 heteroatoms. The first-order valence-corrected chi connectivity index (χ1v) is 10.1. The molecule has 1 N–H and O–H groups in total. The highest BCUT2D eigenvalue weighted by molar-refractivity contribution is 7.16. The minimum Gasteiger partial charge on any atom is -0.351 e. The predicted octanol–water partition coefficient (Wildman–Crippen LogP) is 6.23. The molecule has 2 aromatic heterocycles. The number of fused-ring (bicyclic) bond motifs is 1. The average Bonchev–Trinajstić information content (AvgIpc) is 3.06. The van der Waals surface area contributed by atoms with Crippen LogP contribution in [0.2, 0.25) is 9.36 Å². The maximum Gasteiger partial charge on any atom is 0.120 e. The van der Waals surface area contributed by atoms with Crippen LogP contribution in [0.1, 0.15) is 21.9 Å². The van der Waals surface area contributed by atoms with E-state index in [2.05, 4.69) is 29.8 Å². The van der Waals surface area contributed by atoms with Crippen molar-refractivity contribution in [2.24, 2.45) is 0 Å². The van der Waals surface area contributed by atoms with E-state index in [4.69, 9.17) is 28.6 Å². The van der Waals surface area contributed by atoms with Crippen molar-refractivity contribution in [2.75, 3.05) is 6.54 Å². The van der Waals surface area contributed by atoms with Gasteiger partial charge in [0.05, 0.1) is 15.9 Å². The molecule has 1 aliphatic rings. The molecule has 3 heterocycles. The summed E-state index contributed by atoms with van der Waals surface area (Å²) in [7, 11) is 0. The molecule has 136 valence electrons. The van der Waals surface area contributed by atoms with Crippen LogP contribution in [0.3, 0.4) is 0 Å². The van der Waals surface area contributed by atoms with Crippen molar-refractivity contribution in [1.29, 1.82) is 5.41 Å². The van der Waals surface area contributed by atoms with Crippen molar-refractivity contribution in [3.05, 3.63) is 86.8 Å². The first kappa shape index (κ1) is 18.2. The zero-order chi connectivity index (χ0) is 19.0. The third-order valence-corrected chi connectivity index (χ3v) is 6.28. The highest BCUT2D eigenvalue weighted by atomic mass is 35.5. The summed E-state index contributed by atoms with van der Waals surface area (Å²) in [4.78, 5) is 7.48. The number of nitrogens with one attached hydrogen (secondary N) is 1. The number of halogens is 2. The third-order valence-electron chi connectivity index (χ3n) is 4.81. The monoisotopic (exact) mass is 413 g/mol. The fourth-order valence-corrected chi connectivity index (χ4v) is 5.12. The molecule has 0 spiro atoms. The van der Waals surface area contributed by atoms with E-state index in [-0.39, 0.29) is 5.92 Å². The molecule has 0 unspecified atom stereocenters. The molecular formula is C21H17Cl2N3S. The number of nitrogens with zero attached hydrogens (tertiary/aromatic N) is 2. The molecule has 1 aromatic carbocycles. The fraction of sp³-hybridized carbons (Fsp3) is 0.143. The molecule has 4 rings (SSSR count). The third kappa shape index (κ3) is 3.53. The maximum atomic E-state index is 8.23.